The molecule has 1 saturated heterocycles. The molecular formula is C25H21N3O4. The average molecular weight is 427 g/mol. The molecule has 1 atom stereocenters. The van der Waals surface area contributed by atoms with E-state index < -0.39 is 6.04 Å². The fourth-order valence-corrected chi connectivity index (χ4v) is 3.79. The number of benzene rings is 3. The minimum Gasteiger partial charge on any atom is -0.457 e. The van der Waals surface area contributed by atoms with Crippen molar-refractivity contribution in [1.82, 2.24) is 15.2 Å². The second kappa shape index (κ2) is 8.55. The van der Waals surface area contributed by atoms with Crippen molar-refractivity contribution >= 4 is 22.9 Å². The summed E-state index contributed by atoms with van der Waals surface area (Å²) >= 11 is 0. The highest BCUT2D eigenvalue weighted by molar-refractivity contribution is 5.98. The summed E-state index contributed by atoms with van der Waals surface area (Å²) in [6.07, 6.45) is 0.210. The largest absolute Gasteiger partial charge is 0.457 e. The van der Waals surface area contributed by atoms with Crippen LogP contribution in [-0.4, -0.2) is 40.8 Å². The number of para-hydroxylation sites is 3. The molecule has 5 rings (SSSR count). The number of fused-ring (bicyclic) bond motifs is 1. The smallest absolute Gasteiger partial charge is 0.254 e. The number of carbonyl (C=O) groups is 2. The van der Waals surface area contributed by atoms with Crippen molar-refractivity contribution in [3.8, 4) is 11.5 Å². The van der Waals surface area contributed by atoms with E-state index in [1.165, 1.54) is 0 Å². The molecule has 1 N–H and O–H groups in total. The van der Waals surface area contributed by atoms with Gasteiger partial charge in [-0.25, -0.2) is 4.98 Å². The van der Waals surface area contributed by atoms with Crippen molar-refractivity contribution in [1.29, 1.82) is 0 Å². The van der Waals surface area contributed by atoms with E-state index in [1.54, 1.807) is 29.2 Å². The predicted octanol–water partition coefficient (Wildman–Crippen LogP) is 3.80. The quantitative estimate of drug-likeness (QED) is 0.524. The maximum absolute atomic E-state index is 13.2. The van der Waals surface area contributed by atoms with E-state index in [9.17, 15) is 9.59 Å². The van der Waals surface area contributed by atoms with Crippen LogP contribution in [0.15, 0.2) is 83.3 Å². The van der Waals surface area contributed by atoms with Gasteiger partial charge in [0.1, 0.15) is 23.1 Å². The highest BCUT2D eigenvalue weighted by Crippen LogP contribution is 2.23. The first-order valence-corrected chi connectivity index (χ1v) is 10.4. The molecule has 1 unspecified atom stereocenters. The number of amides is 2. The van der Waals surface area contributed by atoms with E-state index in [1.807, 2.05) is 54.6 Å². The molecule has 0 radical (unpaired) electrons. The first-order chi connectivity index (χ1) is 15.7. The Labute approximate surface area is 184 Å². The molecular weight excluding hydrogens is 406 g/mol. The fourth-order valence-electron chi connectivity index (χ4n) is 3.79. The van der Waals surface area contributed by atoms with Gasteiger partial charge in [-0.05, 0) is 48.5 Å². The first-order valence-electron chi connectivity index (χ1n) is 10.4. The maximum atomic E-state index is 13.2. The van der Waals surface area contributed by atoms with Gasteiger partial charge in [-0.3, -0.25) is 9.59 Å². The Balaban J connectivity index is 1.34. The zero-order chi connectivity index (χ0) is 21.9. The lowest BCUT2D eigenvalue weighted by molar-refractivity contribution is -0.127. The molecule has 0 bridgehead atoms. The summed E-state index contributed by atoms with van der Waals surface area (Å²) in [6.45, 7) is 0.821. The number of hydrogen-bond acceptors (Lipinski definition) is 5. The van der Waals surface area contributed by atoms with Gasteiger partial charge in [0, 0.05) is 18.7 Å². The molecule has 1 aromatic heterocycles. The third kappa shape index (κ3) is 4.05. The van der Waals surface area contributed by atoms with E-state index in [2.05, 4.69) is 10.3 Å². The van der Waals surface area contributed by atoms with Gasteiger partial charge in [-0.15, -0.1) is 0 Å². The third-order valence-electron chi connectivity index (χ3n) is 5.38. The lowest BCUT2D eigenvalue weighted by atomic mass is 10.1. The molecule has 7 heteroatoms. The van der Waals surface area contributed by atoms with Gasteiger partial charge < -0.3 is 19.4 Å². The normalized spacial score (nSPS) is 16.1. The van der Waals surface area contributed by atoms with Crippen molar-refractivity contribution in [2.24, 2.45) is 0 Å². The van der Waals surface area contributed by atoms with Crippen LogP contribution in [-0.2, 0) is 11.2 Å². The zero-order valence-corrected chi connectivity index (χ0v) is 17.2. The van der Waals surface area contributed by atoms with Crippen LogP contribution >= 0.6 is 0 Å². The molecule has 3 aromatic carbocycles. The van der Waals surface area contributed by atoms with Gasteiger partial charge >= 0.3 is 0 Å². The number of hydrogen-bond donors (Lipinski definition) is 1. The lowest BCUT2D eigenvalue weighted by Gasteiger charge is -2.34. The second-order valence-electron chi connectivity index (χ2n) is 7.52. The van der Waals surface area contributed by atoms with Crippen LogP contribution in [0.5, 0.6) is 11.5 Å². The van der Waals surface area contributed by atoms with E-state index in [0.29, 0.717) is 35.9 Å². The van der Waals surface area contributed by atoms with Crippen molar-refractivity contribution in [3.05, 3.63) is 90.3 Å². The summed E-state index contributed by atoms with van der Waals surface area (Å²) in [4.78, 5) is 31.9. The van der Waals surface area contributed by atoms with E-state index >= 15 is 0 Å². The van der Waals surface area contributed by atoms with Crippen LogP contribution in [0.25, 0.3) is 11.1 Å². The minimum absolute atomic E-state index is 0.210. The Morgan fingerprint density at radius 2 is 1.72 bits per heavy atom. The number of aromatic nitrogens is 1. The first kappa shape index (κ1) is 19.8. The number of oxazole rings is 1. The fraction of sp³-hybridized carbons (Fsp3) is 0.160. The van der Waals surface area contributed by atoms with Crippen LogP contribution < -0.4 is 10.1 Å². The van der Waals surface area contributed by atoms with Crippen LogP contribution in [0.1, 0.15) is 16.2 Å². The maximum Gasteiger partial charge on any atom is 0.254 e. The Kier molecular flexibility index (Phi) is 5.29. The predicted molar refractivity (Wildman–Crippen MR) is 119 cm³/mol. The van der Waals surface area contributed by atoms with Crippen molar-refractivity contribution < 1.29 is 18.7 Å². The lowest BCUT2D eigenvalue weighted by Crippen LogP contribution is -2.58. The molecule has 0 aliphatic carbocycles. The third-order valence-corrected chi connectivity index (χ3v) is 5.38. The van der Waals surface area contributed by atoms with Crippen LogP contribution in [0.4, 0.5) is 0 Å². The highest BCUT2D eigenvalue weighted by atomic mass is 16.5. The highest BCUT2D eigenvalue weighted by Gasteiger charge is 2.35. The summed E-state index contributed by atoms with van der Waals surface area (Å²) in [7, 11) is 0. The van der Waals surface area contributed by atoms with Gasteiger partial charge in [-0.1, -0.05) is 30.3 Å². The molecule has 0 spiro atoms. The Bertz CT molecular complexity index is 1220. The van der Waals surface area contributed by atoms with Crippen LogP contribution in [0.2, 0.25) is 0 Å². The van der Waals surface area contributed by atoms with Gasteiger partial charge in [0.05, 0.1) is 6.42 Å². The van der Waals surface area contributed by atoms with Crippen molar-refractivity contribution in [3.63, 3.8) is 0 Å². The second-order valence-corrected chi connectivity index (χ2v) is 7.52. The molecule has 0 saturated carbocycles. The number of rotatable bonds is 5. The number of nitrogens with one attached hydrogen (secondary N) is 1. The summed E-state index contributed by atoms with van der Waals surface area (Å²) in [5, 5.41) is 2.84. The standard InChI is InChI=1S/C25H21N3O4/c29-24-21(16-23-27-20-8-4-5-9-22(20)32-23)28(15-14-26-24)25(30)17-10-12-19(13-11-17)31-18-6-2-1-3-7-18/h1-13,21H,14-16H2,(H,26,29). The van der Waals surface area contributed by atoms with Crippen molar-refractivity contribution in [2.75, 3.05) is 13.1 Å². The molecule has 1 aliphatic heterocycles. The van der Waals surface area contributed by atoms with E-state index in [4.69, 9.17) is 9.15 Å². The van der Waals surface area contributed by atoms with Crippen LogP contribution in [0, 0.1) is 0 Å². The Morgan fingerprint density at radius 3 is 2.50 bits per heavy atom. The topological polar surface area (TPSA) is 84.7 Å². The molecule has 160 valence electrons. The zero-order valence-electron chi connectivity index (χ0n) is 17.2. The summed E-state index contributed by atoms with van der Waals surface area (Å²) in [5.74, 6) is 1.35. The molecule has 4 aromatic rings. The molecule has 7 nitrogen and oxygen atoms in total. The molecule has 1 fully saturated rings. The van der Waals surface area contributed by atoms with Crippen molar-refractivity contribution in [2.45, 2.75) is 12.5 Å². The molecule has 2 amide bonds. The van der Waals surface area contributed by atoms with Gasteiger partial charge in [0.25, 0.3) is 5.91 Å². The number of ether oxygens (including phenoxy) is 1. The Morgan fingerprint density at radius 1 is 1.00 bits per heavy atom. The Hall–Kier alpha value is -4.13. The molecule has 2 heterocycles. The van der Waals surface area contributed by atoms with Gasteiger partial charge in [0.2, 0.25) is 5.91 Å². The number of nitrogens with zero attached hydrogens (tertiary/aromatic N) is 2. The minimum atomic E-state index is -0.690. The SMILES string of the molecule is O=C1NCCN(C(=O)c2ccc(Oc3ccccc3)cc2)C1Cc1nc2ccccc2o1. The summed E-state index contributed by atoms with van der Waals surface area (Å²) in [6, 6.07) is 23.1. The summed E-state index contributed by atoms with van der Waals surface area (Å²) < 4.78 is 11.6. The van der Waals surface area contributed by atoms with Gasteiger partial charge in [-0.2, -0.15) is 0 Å². The number of carbonyl (C=O) groups excluding carboxylic acids is 2. The van der Waals surface area contributed by atoms with Crippen LogP contribution in [0.3, 0.4) is 0 Å². The average Bonchev–Trinajstić information content (AvgIpc) is 3.24. The molecule has 1 aliphatic rings. The molecule has 32 heavy (non-hydrogen) atoms. The van der Waals surface area contributed by atoms with E-state index in [-0.39, 0.29) is 18.2 Å². The number of piperazine rings is 1. The van der Waals surface area contributed by atoms with E-state index in [0.717, 1.165) is 11.3 Å². The van der Waals surface area contributed by atoms with Gasteiger partial charge in [0.15, 0.2) is 11.5 Å². The monoisotopic (exact) mass is 427 g/mol. The summed E-state index contributed by atoms with van der Waals surface area (Å²) in [5.41, 5.74) is 1.87.